The molecule has 3 heterocycles. The molecule has 1 fully saturated rings. The van der Waals surface area contributed by atoms with Crippen molar-refractivity contribution in [3.63, 3.8) is 0 Å². The molecule has 152 valence electrons. The van der Waals surface area contributed by atoms with Crippen molar-refractivity contribution in [1.29, 1.82) is 0 Å². The van der Waals surface area contributed by atoms with Crippen molar-refractivity contribution in [3.05, 3.63) is 66.7 Å². The van der Waals surface area contributed by atoms with E-state index >= 15 is 0 Å². The Hall–Kier alpha value is -3.43. The number of hydrogen-bond acceptors (Lipinski definition) is 7. The summed E-state index contributed by atoms with van der Waals surface area (Å²) in [5, 5.41) is 11.1. The summed E-state index contributed by atoms with van der Waals surface area (Å²) in [4.78, 5) is 7.08. The van der Waals surface area contributed by atoms with Crippen LogP contribution in [0.4, 0.5) is 17.3 Å². The fourth-order valence-electron chi connectivity index (χ4n) is 3.34. The van der Waals surface area contributed by atoms with Crippen molar-refractivity contribution in [2.75, 3.05) is 29.8 Å². The summed E-state index contributed by atoms with van der Waals surface area (Å²) in [7, 11) is -3.23. The van der Waals surface area contributed by atoms with Gasteiger partial charge in [0.05, 0.1) is 23.9 Å². The van der Waals surface area contributed by atoms with Crippen molar-refractivity contribution in [2.45, 2.75) is 4.90 Å². The molecule has 0 bridgehead atoms. The van der Waals surface area contributed by atoms with Crippen molar-refractivity contribution >= 4 is 32.8 Å². The van der Waals surface area contributed by atoms with E-state index in [9.17, 15) is 8.42 Å². The van der Waals surface area contributed by atoms with Crippen molar-refractivity contribution in [1.82, 2.24) is 19.9 Å². The van der Waals surface area contributed by atoms with Gasteiger partial charge in [-0.2, -0.15) is 4.98 Å². The highest BCUT2D eigenvalue weighted by molar-refractivity contribution is 7.90. The topological polar surface area (TPSA) is 91.6 Å². The second kappa shape index (κ2) is 7.12. The van der Waals surface area contributed by atoms with Crippen LogP contribution >= 0.6 is 0 Å². The fourth-order valence-corrected chi connectivity index (χ4v) is 3.97. The molecule has 0 amide bonds. The molecule has 0 spiro atoms. The maximum atomic E-state index is 11.7. The molecule has 2 aromatic carbocycles. The molecule has 1 aliphatic rings. The first-order valence-corrected chi connectivity index (χ1v) is 11.4. The fraction of sp³-hybridized carbons (Fsp3) is 0.143. The maximum Gasteiger partial charge on any atom is 0.247 e. The average Bonchev–Trinajstić information content (AvgIpc) is 3.10. The molecule has 0 atom stereocenters. The van der Waals surface area contributed by atoms with Crippen LogP contribution in [0.25, 0.3) is 16.9 Å². The van der Waals surface area contributed by atoms with Crippen LogP contribution in [0.15, 0.2) is 71.6 Å². The van der Waals surface area contributed by atoms with Crippen LogP contribution in [0.5, 0.6) is 0 Å². The largest absolute Gasteiger partial charge is 0.346 e. The molecular weight excluding hydrogens is 400 g/mol. The molecule has 1 saturated heterocycles. The highest BCUT2D eigenvalue weighted by Gasteiger charge is 2.14. The van der Waals surface area contributed by atoms with Crippen molar-refractivity contribution in [2.24, 2.45) is 0 Å². The van der Waals surface area contributed by atoms with Crippen LogP contribution in [-0.2, 0) is 9.84 Å². The summed E-state index contributed by atoms with van der Waals surface area (Å²) >= 11 is 0. The lowest BCUT2D eigenvalue weighted by molar-refractivity contribution is 0.524. The Labute approximate surface area is 174 Å². The molecule has 4 aromatic rings. The second-order valence-electron chi connectivity index (χ2n) is 7.19. The standard InChI is InChI=1S/C21H20N6O2S/c1-30(28,29)18-11-5-15(6-12-18)19-3-2-4-20-24-21(25-27(19)20)23-16-7-9-17(10-8-16)26-13-22-14-26/h2-12,22H,13-14H2,1H3,(H,23,25). The van der Waals surface area contributed by atoms with E-state index in [4.69, 9.17) is 0 Å². The van der Waals surface area contributed by atoms with Crippen LogP contribution in [0.3, 0.4) is 0 Å². The van der Waals surface area contributed by atoms with Gasteiger partial charge in [0.1, 0.15) is 0 Å². The molecule has 0 unspecified atom stereocenters. The van der Waals surface area contributed by atoms with Crippen molar-refractivity contribution < 1.29 is 8.42 Å². The maximum absolute atomic E-state index is 11.7. The van der Waals surface area contributed by atoms with Gasteiger partial charge in [-0.05, 0) is 48.5 Å². The molecule has 5 rings (SSSR count). The zero-order chi connectivity index (χ0) is 20.7. The van der Waals surface area contributed by atoms with E-state index in [0.717, 1.165) is 30.3 Å². The number of nitrogens with one attached hydrogen (secondary N) is 2. The Bertz CT molecular complexity index is 1310. The number of pyridine rings is 1. The summed E-state index contributed by atoms with van der Waals surface area (Å²) in [6.45, 7) is 1.74. The van der Waals surface area contributed by atoms with E-state index in [1.807, 2.05) is 30.3 Å². The molecule has 8 nitrogen and oxygen atoms in total. The van der Waals surface area contributed by atoms with E-state index in [0.29, 0.717) is 11.6 Å². The van der Waals surface area contributed by atoms with E-state index in [1.165, 1.54) is 11.9 Å². The Morgan fingerprint density at radius 2 is 1.70 bits per heavy atom. The normalized spacial score (nSPS) is 14.0. The lowest BCUT2D eigenvalue weighted by Crippen LogP contribution is -2.52. The lowest BCUT2D eigenvalue weighted by Gasteiger charge is -2.34. The monoisotopic (exact) mass is 420 g/mol. The number of fused-ring (bicyclic) bond motifs is 1. The quantitative estimate of drug-likeness (QED) is 0.513. The third-order valence-corrected chi connectivity index (χ3v) is 6.16. The molecule has 30 heavy (non-hydrogen) atoms. The summed E-state index contributed by atoms with van der Waals surface area (Å²) in [6, 6.07) is 20.6. The molecule has 0 saturated carbocycles. The van der Waals surface area contributed by atoms with Gasteiger partial charge in [-0.15, -0.1) is 5.10 Å². The Kier molecular flexibility index (Phi) is 4.41. The van der Waals surface area contributed by atoms with Crippen LogP contribution in [0, 0.1) is 0 Å². The Morgan fingerprint density at radius 3 is 2.33 bits per heavy atom. The number of aromatic nitrogens is 3. The first kappa shape index (κ1) is 18.6. The summed E-state index contributed by atoms with van der Waals surface area (Å²) in [6.07, 6.45) is 1.20. The van der Waals surface area contributed by atoms with Crippen molar-refractivity contribution in [3.8, 4) is 11.3 Å². The average molecular weight is 420 g/mol. The summed E-state index contributed by atoms with van der Waals surface area (Å²) in [5.41, 5.74) is 4.46. The zero-order valence-corrected chi connectivity index (χ0v) is 17.1. The highest BCUT2D eigenvalue weighted by atomic mass is 32.2. The minimum Gasteiger partial charge on any atom is -0.346 e. The highest BCUT2D eigenvalue weighted by Crippen LogP contribution is 2.24. The van der Waals surface area contributed by atoms with Gasteiger partial charge in [0.2, 0.25) is 5.95 Å². The number of rotatable bonds is 5. The third kappa shape index (κ3) is 3.49. The molecule has 1 aliphatic heterocycles. The van der Waals surface area contributed by atoms with Gasteiger partial charge in [0, 0.05) is 23.2 Å². The van der Waals surface area contributed by atoms with Crippen LogP contribution in [0.1, 0.15) is 0 Å². The van der Waals surface area contributed by atoms with Crippen LogP contribution < -0.4 is 15.5 Å². The minimum absolute atomic E-state index is 0.289. The number of sulfone groups is 1. The predicted octanol–water partition coefficient (Wildman–Crippen LogP) is 2.87. The Morgan fingerprint density at radius 1 is 0.967 bits per heavy atom. The van der Waals surface area contributed by atoms with Gasteiger partial charge >= 0.3 is 0 Å². The third-order valence-electron chi connectivity index (χ3n) is 5.03. The molecule has 0 radical (unpaired) electrons. The first-order valence-electron chi connectivity index (χ1n) is 9.46. The van der Waals surface area contributed by atoms with Gasteiger partial charge in [-0.1, -0.05) is 18.2 Å². The molecular formula is C21H20N6O2S. The smallest absolute Gasteiger partial charge is 0.247 e. The molecule has 2 N–H and O–H groups in total. The summed E-state index contributed by atoms with van der Waals surface area (Å²) < 4.78 is 25.2. The Balaban J connectivity index is 1.43. The van der Waals surface area contributed by atoms with Gasteiger partial charge in [0.25, 0.3) is 0 Å². The number of nitrogens with zero attached hydrogens (tertiary/aromatic N) is 4. The van der Waals surface area contributed by atoms with E-state index in [-0.39, 0.29) is 4.90 Å². The lowest BCUT2D eigenvalue weighted by atomic mass is 10.1. The summed E-state index contributed by atoms with van der Waals surface area (Å²) in [5.74, 6) is 0.494. The number of benzene rings is 2. The predicted molar refractivity (Wildman–Crippen MR) is 117 cm³/mol. The molecule has 9 heteroatoms. The second-order valence-corrected chi connectivity index (χ2v) is 9.21. The molecule has 0 aliphatic carbocycles. The van der Waals surface area contributed by atoms with E-state index in [2.05, 4.69) is 37.7 Å². The SMILES string of the molecule is CS(=O)(=O)c1ccc(-c2cccc3nc(Nc4ccc(N5CNC5)cc4)nn23)cc1. The number of anilines is 3. The van der Waals surface area contributed by atoms with E-state index < -0.39 is 9.84 Å². The van der Waals surface area contributed by atoms with Gasteiger partial charge in [0.15, 0.2) is 15.5 Å². The van der Waals surface area contributed by atoms with Gasteiger partial charge in [-0.25, -0.2) is 12.9 Å². The zero-order valence-electron chi connectivity index (χ0n) is 16.3. The van der Waals surface area contributed by atoms with Gasteiger partial charge in [-0.3, -0.25) is 5.32 Å². The van der Waals surface area contributed by atoms with Gasteiger partial charge < -0.3 is 10.2 Å². The van der Waals surface area contributed by atoms with Crippen LogP contribution in [0.2, 0.25) is 0 Å². The first-order chi connectivity index (χ1) is 14.5. The van der Waals surface area contributed by atoms with Crippen LogP contribution in [-0.4, -0.2) is 42.6 Å². The number of hydrogen-bond donors (Lipinski definition) is 2. The van der Waals surface area contributed by atoms with E-state index in [1.54, 1.807) is 28.8 Å². The molecule has 2 aromatic heterocycles. The minimum atomic E-state index is -3.23.